The Kier molecular flexibility index (Phi) is 5.18. The summed E-state index contributed by atoms with van der Waals surface area (Å²) in [5.74, 6) is 2.37. The van der Waals surface area contributed by atoms with Crippen LogP contribution in [0.4, 0.5) is 0 Å². The van der Waals surface area contributed by atoms with Crippen molar-refractivity contribution in [1.82, 2.24) is 15.3 Å². The third-order valence-electron chi connectivity index (χ3n) is 2.94. The second kappa shape index (κ2) is 7.10. The maximum Gasteiger partial charge on any atom is 0.141 e. The highest BCUT2D eigenvalue weighted by atomic mass is 16.5. The minimum absolute atomic E-state index is 0.649. The van der Waals surface area contributed by atoms with Crippen molar-refractivity contribution in [3.8, 4) is 17.1 Å². The fraction of sp³-hybridized carbons (Fsp3) is 0.438. The van der Waals surface area contributed by atoms with Gasteiger partial charge in [0, 0.05) is 18.4 Å². The van der Waals surface area contributed by atoms with Crippen LogP contribution in [0.1, 0.15) is 26.5 Å². The summed E-state index contributed by atoms with van der Waals surface area (Å²) in [4.78, 5) is 7.80. The fourth-order valence-electron chi connectivity index (χ4n) is 2.02. The smallest absolute Gasteiger partial charge is 0.141 e. The highest BCUT2D eigenvalue weighted by Gasteiger charge is 2.09. The van der Waals surface area contributed by atoms with Crippen LogP contribution in [0.25, 0.3) is 11.4 Å². The summed E-state index contributed by atoms with van der Waals surface area (Å²) in [6, 6.07) is 7.97. The molecule has 0 fully saturated rings. The average molecular weight is 273 g/mol. The molecule has 0 saturated carbocycles. The van der Waals surface area contributed by atoms with E-state index in [1.54, 1.807) is 0 Å². The number of benzene rings is 1. The Labute approximate surface area is 120 Å². The Bertz CT molecular complexity index is 534. The minimum Gasteiger partial charge on any atom is -0.493 e. The first-order valence-corrected chi connectivity index (χ1v) is 7.17. The number of hydrogen-bond donors (Lipinski definition) is 2. The van der Waals surface area contributed by atoms with Crippen LogP contribution in [0.15, 0.2) is 30.5 Å². The van der Waals surface area contributed by atoms with Gasteiger partial charge in [-0.1, -0.05) is 26.0 Å². The fourth-order valence-corrected chi connectivity index (χ4v) is 2.02. The monoisotopic (exact) mass is 273 g/mol. The second-order valence-electron chi connectivity index (χ2n) is 5.21. The molecule has 0 amide bonds. The van der Waals surface area contributed by atoms with E-state index in [-0.39, 0.29) is 0 Å². The molecule has 20 heavy (non-hydrogen) atoms. The lowest BCUT2D eigenvalue weighted by Gasteiger charge is -2.08. The van der Waals surface area contributed by atoms with Crippen molar-refractivity contribution in [2.45, 2.75) is 27.3 Å². The molecule has 4 nitrogen and oxygen atoms in total. The molecule has 0 spiro atoms. The van der Waals surface area contributed by atoms with Crippen LogP contribution in [0.3, 0.4) is 0 Å². The molecule has 0 aliphatic heterocycles. The van der Waals surface area contributed by atoms with Gasteiger partial charge in [-0.3, -0.25) is 0 Å². The molecule has 0 atom stereocenters. The number of rotatable bonds is 7. The van der Waals surface area contributed by atoms with Gasteiger partial charge in [0.25, 0.3) is 0 Å². The molecule has 1 aromatic heterocycles. The quantitative estimate of drug-likeness (QED) is 0.814. The average Bonchev–Trinajstić information content (AvgIpc) is 2.88. The Morgan fingerprint density at radius 2 is 2.10 bits per heavy atom. The summed E-state index contributed by atoms with van der Waals surface area (Å²) in [6.45, 7) is 8.85. The Hall–Kier alpha value is -1.81. The zero-order chi connectivity index (χ0) is 14.4. The van der Waals surface area contributed by atoms with Crippen molar-refractivity contribution in [2.75, 3.05) is 13.2 Å². The van der Waals surface area contributed by atoms with E-state index in [9.17, 15) is 0 Å². The zero-order valence-corrected chi connectivity index (χ0v) is 12.4. The number of ether oxygens (including phenoxy) is 1. The van der Waals surface area contributed by atoms with Crippen molar-refractivity contribution < 1.29 is 4.74 Å². The molecule has 0 aliphatic carbocycles. The van der Waals surface area contributed by atoms with Gasteiger partial charge in [-0.05, 0) is 31.5 Å². The first kappa shape index (κ1) is 14.6. The predicted molar refractivity (Wildman–Crippen MR) is 81.7 cm³/mol. The van der Waals surface area contributed by atoms with E-state index in [0.29, 0.717) is 12.5 Å². The minimum atomic E-state index is 0.649. The van der Waals surface area contributed by atoms with Crippen molar-refractivity contribution >= 4 is 0 Å². The molecule has 2 rings (SSSR count). The van der Waals surface area contributed by atoms with E-state index in [1.807, 2.05) is 37.4 Å². The lowest BCUT2D eigenvalue weighted by Crippen LogP contribution is -2.19. The molecule has 108 valence electrons. The van der Waals surface area contributed by atoms with Gasteiger partial charge in [0.15, 0.2) is 0 Å². The second-order valence-corrected chi connectivity index (χ2v) is 5.21. The Morgan fingerprint density at radius 3 is 2.85 bits per heavy atom. The number of nitrogens with zero attached hydrogens (tertiary/aromatic N) is 1. The number of aromatic nitrogens is 2. The Balaban J connectivity index is 2.08. The van der Waals surface area contributed by atoms with Gasteiger partial charge in [0.2, 0.25) is 0 Å². The summed E-state index contributed by atoms with van der Waals surface area (Å²) in [6.07, 6.45) is 1.88. The molecule has 0 radical (unpaired) electrons. The molecule has 1 aromatic carbocycles. The van der Waals surface area contributed by atoms with E-state index in [1.165, 1.54) is 0 Å². The van der Waals surface area contributed by atoms with E-state index in [0.717, 1.165) is 35.9 Å². The summed E-state index contributed by atoms with van der Waals surface area (Å²) < 4.78 is 5.64. The summed E-state index contributed by atoms with van der Waals surface area (Å²) in [5, 5.41) is 3.40. The number of hydrogen-bond acceptors (Lipinski definition) is 3. The zero-order valence-electron chi connectivity index (χ0n) is 12.4. The summed E-state index contributed by atoms with van der Waals surface area (Å²) >= 11 is 0. The topological polar surface area (TPSA) is 49.9 Å². The van der Waals surface area contributed by atoms with Gasteiger partial charge < -0.3 is 15.0 Å². The van der Waals surface area contributed by atoms with Gasteiger partial charge in [0.1, 0.15) is 11.6 Å². The number of para-hydroxylation sites is 1. The van der Waals surface area contributed by atoms with Crippen molar-refractivity contribution in [2.24, 2.45) is 5.92 Å². The lowest BCUT2D eigenvalue weighted by molar-refractivity contribution is 0.341. The normalized spacial score (nSPS) is 11.0. The summed E-state index contributed by atoms with van der Waals surface area (Å²) in [5.41, 5.74) is 2.09. The standard InChI is InChI=1S/C16H23N3O/c1-4-20-15-8-6-5-7-14(15)16-18-11-13(19-16)10-17-9-12(2)3/h5-8,11-12,17H,4,9-10H2,1-3H3,(H,18,19). The van der Waals surface area contributed by atoms with Crippen molar-refractivity contribution in [3.63, 3.8) is 0 Å². The molecule has 0 unspecified atom stereocenters. The molecule has 1 heterocycles. The van der Waals surface area contributed by atoms with Gasteiger partial charge in [-0.25, -0.2) is 4.98 Å². The SMILES string of the molecule is CCOc1ccccc1-c1ncc(CNCC(C)C)[nH]1. The van der Waals surface area contributed by atoms with Crippen molar-refractivity contribution in [3.05, 3.63) is 36.2 Å². The molecule has 0 bridgehead atoms. The van der Waals surface area contributed by atoms with Gasteiger partial charge in [0.05, 0.1) is 12.2 Å². The highest BCUT2D eigenvalue weighted by molar-refractivity contribution is 5.64. The lowest BCUT2D eigenvalue weighted by atomic mass is 10.2. The van der Waals surface area contributed by atoms with Gasteiger partial charge in [-0.2, -0.15) is 0 Å². The van der Waals surface area contributed by atoms with Crippen LogP contribution in [0, 0.1) is 5.92 Å². The molecular weight excluding hydrogens is 250 g/mol. The summed E-state index contributed by atoms with van der Waals surface area (Å²) in [7, 11) is 0. The van der Waals surface area contributed by atoms with Crippen LogP contribution in [-0.4, -0.2) is 23.1 Å². The van der Waals surface area contributed by atoms with E-state index >= 15 is 0 Å². The number of aromatic amines is 1. The predicted octanol–water partition coefficient (Wildman–Crippen LogP) is 3.22. The molecule has 0 aliphatic rings. The molecular formula is C16H23N3O. The Morgan fingerprint density at radius 1 is 1.30 bits per heavy atom. The first-order valence-electron chi connectivity index (χ1n) is 7.17. The molecule has 2 aromatic rings. The molecule has 0 saturated heterocycles. The van der Waals surface area contributed by atoms with Crippen LogP contribution in [0.2, 0.25) is 0 Å². The van der Waals surface area contributed by atoms with Gasteiger partial charge >= 0.3 is 0 Å². The van der Waals surface area contributed by atoms with E-state index in [4.69, 9.17) is 4.74 Å². The number of nitrogens with one attached hydrogen (secondary N) is 2. The van der Waals surface area contributed by atoms with Crippen LogP contribution < -0.4 is 10.1 Å². The van der Waals surface area contributed by atoms with E-state index in [2.05, 4.69) is 29.1 Å². The number of H-pyrrole nitrogens is 1. The largest absolute Gasteiger partial charge is 0.493 e. The van der Waals surface area contributed by atoms with Crippen LogP contribution in [-0.2, 0) is 6.54 Å². The van der Waals surface area contributed by atoms with Crippen LogP contribution in [0.5, 0.6) is 5.75 Å². The van der Waals surface area contributed by atoms with Gasteiger partial charge in [-0.15, -0.1) is 0 Å². The maximum atomic E-state index is 5.64. The molecule has 2 N–H and O–H groups in total. The third-order valence-corrected chi connectivity index (χ3v) is 2.94. The third kappa shape index (κ3) is 3.84. The van der Waals surface area contributed by atoms with Crippen molar-refractivity contribution in [1.29, 1.82) is 0 Å². The first-order chi connectivity index (χ1) is 9.70. The number of imidazole rings is 1. The van der Waals surface area contributed by atoms with E-state index < -0.39 is 0 Å². The maximum absolute atomic E-state index is 5.64. The van der Waals surface area contributed by atoms with Crippen LogP contribution >= 0.6 is 0 Å². The molecule has 4 heteroatoms. The highest BCUT2D eigenvalue weighted by Crippen LogP contribution is 2.27.